The van der Waals surface area contributed by atoms with Gasteiger partial charge in [0.15, 0.2) is 10.9 Å². The van der Waals surface area contributed by atoms with Crippen LogP contribution in [-0.4, -0.2) is 11.8 Å². The van der Waals surface area contributed by atoms with Crippen molar-refractivity contribution in [3.8, 4) is 0 Å². The summed E-state index contributed by atoms with van der Waals surface area (Å²) in [5.74, 6) is -1.85. The molecule has 0 saturated heterocycles. The maximum atomic E-state index is 12.7. The molecule has 0 fully saturated rings. The molecule has 0 aliphatic rings. The molecular weight excluding hydrogens is 449 g/mol. The van der Waals surface area contributed by atoms with Gasteiger partial charge in [-0.15, -0.1) is 0 Å². The normalized spacial score (nSPS) is 13.0. The monoisotopic (exact) mass is 454 g/mol. The molecule has 4 nitrogen and oxygen atoms in total. The molecule has 0 atom stereocenters. The van der Waals surface area contributed by atoms with E-state index in [1.807, 2.05) is 0 Å². The van der Waals surface area contributed by atoms with Gasteiger partial charge >= 0.3 is 18.3 Å². The smallest absolute Gasteiger partial charge is 0.381 e. The Morgan fingerprint density at radius 3 is 1.89 bits per heavy atom. The van der Waals surface area contributed by atoms with Crippen molar-refractivity contribution in [1.29, 1.82) is 0 Å². The lowest BCUT2D eigenvalue weighted by molar-refractivity contribution is -0.143. The molecule has 1 aromatic carbocycles. The second-order valence-electron chi connectivity index (χ2n) is 4.64. The Kier molecular flexibility index (Phi) is 7.58. The fourth-order valence-corrected chi connectivity index (χ4v) is 1.69. The minimum absolute atomic E-state index is 0.0270. The summed E-state index contributed by atoms with van der Waals surface area (Å²) in [5, 5.41) is 2.35. The minimum Gasteiger partial charge on any atom is -0.381 e. The highest BCUT2D eigenvalue weighted by molar-refractivity contribution is 6.62. The zero-order chi connectivity index (χ0) is 21.0. The molecule has 0 radical (unpaired) electrons. The van der Waals surface area contributed by atoms with Crippen LogP contribution in [0.4, 0.5) is 26.3 Å². The Labute approximate surface area is 162 Å². The molecule has 0 aromatic heterocycles. The van der Waals surface area contributed by atoms with Crippen molar-refractivity contribution in [2.24, 2.45) is 10.9 Å². The third-order valence-electron chi connectivity index (χ3n) is 2.64. The first-order chi connectivity index (χ1) is 12.2. The number of amidine groups is 1. The number of alkyl halides is 6. The van der Waals surface area contributed by atoms with Crippen LogP contribution in [0.5, 0.6) is 0 Å². The van der Waals surface area contributed by atoms with Gasteiger partial charge in [0.2, 0.25) is 0 Å². The van der Waals surface area contributed by atoms with Gasteiger partial charge in [0.05, 0.1) is 11.1 Å². The summed E-state index contributed by atoms with van der Waals surface area (Å²) in [5.41, 5.74) is 1.83. The third-order valence-corrected chi connectivity index (χ3v) is 3.55. The predicted molar refractivity (Wildman–Crippen MR) is 87.8 cm³/mol. The Balaban J connectivity index is 3.11. The first kappa shape index (κ1) is 23.1. The summed E-state index contributed by atoms with van der Waals surface area (Å²) in [6.07, 6.45) is -8.38. The minimum atomic E-state index is -5.00. The number of carbonyl (C=O) groups is 1. The van der Waals surface area contributed by atoms with E-state index in [9.17, 15) is 31.1 Å². The van der Waals surface area contributed by atoms with E-state index in [0.717, 1.165) is 12.2 Å². The maximum Gasteiger partial charge on any atom is 0.416 e. The number of benzene rings is 1. The van der Waals surface area contributed by atoms with Gasteiger partial charge in [-0.3, -0.25) is 0 Å². The quantitative estimate of drug-likeness (QED) is 0.164. The van der Waals surface area contributed by atoms with Crippen LogP contribution < -0.4 is 5.73 Å². The van der Waals surface area contributed by atoms with E-state index in [2.05, 4.69) is 9.99 Å². The first-order valence-electron chi connectivity index (χ1n) is 6.45. The summed E-state index contributed by atoms with van der Waals surface area (Å²) in [7, 11) is 0. The van der Waals surface area contributed by atoms with Crippen LogP contribution in [0.3, 0.4) is 0 Å². The maximum absolute atomic E-state index is 12.7. The number of nitrogens with two attached hydrogens (primary N) is 1. The number of halogens is 9. The Hall–Kier alpha value is -1.91. The number of oxime groups is 1. The fraction of sp³-hybridized carbons (Fsp3) is 0.143. The molecule has 0 bridgehead atoms. The zero-order valence-electron chi connectivity index (χ0n) is 12.6. The summed E-state index contributed by atoms with van der Waals surface area (Å²) in [6.45, 7) is 0. The standard InChI is InChI=1S/C14H7Cl3F6N2O2/c15-10(11(16)17)12(26)27-25-9(24)2-1-6-3-7(13(18,19)20)5-8(4-6)14(21,22)23/h1-5H,(H2,24,25)/b2-1+. The lowest BCUT2D eigenvalue weighted by Gasteiger charge is -2.12. The number of carbonyl (C=O) groups excluding carboxylic acids is 1. The van der Waals surface area contributed by atoms with Crippen molar-refractivity contribution in [2.75, 3.05) is 0 Å². The van der Waals surface area contributed by atoms with Crippen LogP contribution in [0.25, 0.3) is 6.08 Å². The largest absolute Gasteiger partial charge is 0.416 e. The van der Waals surface area contributed by atoms with E-state index in [1.54, 1.807) is 0 Å². The van der Waals surface area contributed by atoms with Gasteiger partial charge in [0.25, 0.3) is 0 Å². The summed E-state index contributed by atoms with van der Waals surface area (Å²) >= 11 is 15.8. The average Bonchev–Trinajstić information content (AvgIpc) is 2.55. The average molecular weight is 456 g/mol. The van der Waals surface area contributed by atoms with E-state index >= 15 is 0 Å². The Bertz CT molecular complexity index is 780. The zero-order valence-corrected chi connectivity index (χ0v) is 14.9. The number of nitrogens with zero attached hydrogens (tertiary/aromatic N) is 1. The van der Waals surface area contributed by atoms with E-state index < -0.39 is 50.4 Å². The molecule has 0 amide bonds. The Morgan fingerprint density at radius 2 is 1.48 bits per heavy atom. The molecule has 27 heavy (non-hydrogen) atoms. The topological polar surface area (TPSA) is 64.7 Å². The van der Waals surface area contributed by atoms with E-state index in [4.69, 9.17) is 40.5 Å². The van der Waals surface area contributed by atoms with Gasteiger partial charge in [-0.25, -0.2) is 4.79 Å². The van der Waals surface area contributed by atoms with Crippen molar-refractivity contribution in [3.05, 3.63) is 50.5 Å². The van der Waals surface area contributed by atoms with Crippen LogP contribution in [-0.2, 0) is 22.0 Å². The fourth-order valence-electron chi connectivity index (χ4n) is 1.50. The highest BCUT2D eigenvalue weighted by Gasteiger charge is 2.36. The molecule has 2 N–H and O–H groups in total. The third kappa shape index (κ3) is 7.31. The Morgan fingerprint density at radius 1 is 1.00 bits per heavy atom. The van der Waals surface area contributed by atoms with E-state index in [1.165, 1.54) is 0 Å². The van der Waals surface area contributed by atoms with Crippen molar-refractivity contribution < 1.29 is 36.0 Å². The summed E-state index contributed by atoms with van der Waals surface area (Å²) in [6, 6.07) is 0.913. The molecule has 0 unspecified atom stereocenters. The van der Waals surface area contributed by atoms with E-state index in [-0.39, 0.29) is 6.07 Å². The number of hydrogen-bond donors (Lipinski definition) is 1. The molecule has 1 aromatic rings. The molecule has 1 rings (SSSR count). The van der Waals surface area contributed by atoms with Gasteiger partial charge in [-0.05, 0) is 29.8 Å². The van der Waals surface area contributed by atoms with Crippen LogP contribution >= 0.6 is 34.8 Å². The molecule has 0 heterocycles. The lowest BCUT2D eigenvalue weighted by atomic mass is 10.0. The molecule has 0 aliphatic heterocycles. The second kappa shape index (κ2) is 8.85. The van der Waals surface area contributed by atoms with Crippen molar-refractivity contribution in [1.82, 2.24) is 0 Å². The first-order valence-corrected chi connectivity index (χ1v) is 7.58. The molecule has 13 heteroatoms. The van der Waals surface area contributed by atoms with Crippen LogP contribution in [0.1, 0.15) is 16.7 Å². The number of hydrogen-bond acceptors (Lipinski definition) is 3. The van der Waals surface area contributed by atoms with Crippen molar-refractivity contribution in [3.63, 3.8) is 0 Å². The molecule has 148 valence electrons. The highest BCUT2D eigenvalue weighted by atomic mass is 35.5. The lowest BCUT2D eigenvalue weighted by Crippen LogP contribution is -2.12. The molecular formula is C14H7Cl3F6N2O2. The molecule has 0 saturated carbocycles. The summed E-state index contributed by atoms with van der Waals surface area (Å²) < 4.78 is 75.9. The van der Waals surface area contributed by atoms with Gasteiger partial charge in [0, 0.05) is 0 Å². The van der Waals surface area contributed by atoms with Crippen molar-refractivity contribution >= 4 is 52.7 Å². The van der Waals surface area contributed by atoms with Crippen LogP contribution in [0.15, 0.2) is 39.0 Å². The second-order valence-corrected chi connectivity index (χ2v) is 5.97. The van der Waals surface area contributed by atoms with Crippen molar-refractivity contribution in [2.45, 2.75) is 12.4 Å². The summed E-state index contributed by atoms with van der Waals surface area (Å²) in [4.78, 5) is 15.5. The molecule has 0 spiro atoms. The van der Waals surface area contributed by atoms with Gasteiger partial charge in [-0.1, -0.05) is 46.0 Å². The van der Waals surface area contributed by atoms with Crippen LogP contribution in [0.2, 0.25) is 0 Å². The predicted octanol–water partition coefficient (Wildman–Crippen LogP) is 5.44. The number of rotatable bonds is 4. The molecule has 0 aliphatic carbocycles. The highest BCUT2D eigenvalue weighted by Crippen LogP contribution is 2.36. The van der Waals surface area contributed by atoms with Gasteiger partial charge in [0.1, 0.15) is 4.49 Å². The van der Waals surface area contributed by atoms with Gasteiger partial charge < -0.3 is 10.6 Å². The van der Waals surface area contributed by atoms with Crippen LogP contribution in [0, 0.1) is 0 Å². The SMILES string of the molecule is NC(/C=C/c1cc(C(F)(F)F)cc(C(F)(F)F)c1)=N\OC(=O)C(Cl)=C(Cl)Cl. The van der Waals surface area contributed by atoms with Gasteiger partial charge in [-0.2, -0.15) is 26.3 Å². The van der Waals surface area contributed by atoms with E-state index in [0.29, 0.717) is 12.1 Å².